The molecule has 0 radical (unpaired) electrons. The van der Waals surface area contributed by atoms with Crippen molar-refractivity contribution >= 4 is 18.3 Å². The van der Waals surface area contributed by atoms with E-state index in [4.69, 9.17) is 0 Å². The summed E-state index contributed by atoms with van der Waals surface area (Å²) in [6.07, 6.45) is -0.689. The lowest BCUT2D eigenvalue weighted by molar-refractivity contribution is -0.123. The molecule has 1 aromatic carbocycles. The summed E-state index contributed by atoms with van der Waals surface area (Å²) < 4.78 is 4.20. The number of ether oxygens (including phenoxy) is 1. The van der Waals surface area contributed by atoms with E-state index < -0.39 is 6.09 Å². The Kier molecular flexibility index (Phi) is 3.23. The van der Waals surface area contributed by atoms with Gasteiger partial charge in [0.25, 0.3) is 0 Å². The number of rotatable bonds is 2. The van der Waals surface area contributed by atoms with Crippen molar-refractivity contribution in [1.82, 2.24) is 0 Å². The van der Waals surface area contributed by atoms with E-state index in [0.717, 1.165) is 5.56 Å². The van der Waals surface area contributed by atoms with E-state index in [1.54, 1.807) is 13.1 Å². The molecule has 0 N–H and O–H groups in total. The van der Waals surface area contributed by atoms with Gasteiger partial charge in [-0.05, 0) is 24.6 Å². The topological polar surface area (TPSA) is 46.6 Å². The Bertz CT molecular complexity index is 349. The third-order valence-electron chi connectivity index (χ3n) is 1.81. The highest BCUT2D eigenvalue weighted by Gasteiger charge is 2.11. The predicted molar refractivity (Wildman–Crippen MR) is 52.1 cm³/mol. The number of amides is 1. The first-order valence-corrected chi connectivity index (χ1v) is 4.10. The molecule has 0 aliphatic carbocycles. The van der Waals surface area contributed by atoms with Crippen LogP contribution in [0.4, 0.5) is 10.5 Å². The van der Waals surface area contributed by atoms with Crippen molar-refractivity contribution in [2.75, 3.05) is 11.9 Å². The quantitative estimate of drug-likeness (QED) is 0.530. The van der Waals surface area contributed by atoms with Crippen molar-refractivity contribution in [3.63, 3.8) is 0 Å². The largest absolute Gasteiger partial charge is 0.421 e. The van der Waals surface area contributed by atoms with Gasteiger partial charge in [0.15, 0.2) is 0 Å². The summed E-state index contributed by atoms with van der Waals surface area (Å²) in [6.45, 7) is 2.04. The Morgan fingerprint density at radius 2 is 2.21 bits per heavy atom. The Hall–Kier alpha value is -1.84. The smallest absolute Gasteiger partial charge is 0.378 e. The van der Waals surface area contributed by atoms with Crippen LogP contribution in [0, 0.1) is 6.92 Å². The van der Waals surface area contributed by atoms with Gasteiger partial charge in [-0.2, -0.15) is 0 Å². The Morgan fingerprint density at radius 3 is 2.79 bits per heavy atom. The van der Waals surface area contributed by atoms with Gasteiger partial charge in [-0.3, -0.25) is 9.69 Å². The molecular weight excluding hydrogens is 182 g/mol. The average molecular weight is 193 g/mol. The molecule has 1 aromatic rings. The van der Waals surface area contributed by atoms with E-state index in [2.05, 4.69) is 4.74 Å². The first-order chi connectivity index (χ1) is 6.65. The molecule has 14 heavy (non-hydrogen) atoms. The molecule has 4 heteroatoms. The normalized spacial score (nSPS) is 9.29. The Balaban J connectivity index is 2.83. The molecule has 0 spiro atoms. The first kappa shape index (κ1) is 10.2. The maximum absolute atomic E-state index is 11.1. The fraction of sp³-hybridized carbons (Fsp3) is 0.200. The highest BCUT2D eigenvalue weighted by atomic mass is 16.6. The van der Waals surface area contributed by atoms with Gasteiger partial charge in [0, 0.05) is 12.7 Å². The van der Waals surface area contributed by atoms with Gasteiger partial charge in [-0.15, -0.1) is 0 Å². The second-order valence-corrected chi connectivity index (χ2v) is 2.88. The molecule has 0 aliphatic heterocycles. The van der Waals surface area contributed by atoms with Crippen LogP contribution in [-0.2, 0) is 9.53 Å². The number of hydrogen-bond donors (Lipinski definition) is 0. The van der Waals surface area contributed by atoms with Gasteiger partial charge in [0.2, 0.25) is 0 Å². The maximum atomic E-state index is 11.1. The van der Waals surface area contributed by atoms with Gasteiger partial charge < -0.3 is 4.74 Å². The molecule has 4 nitrogen and oxygen atoms in total. The summed E-state index contributed by atoms with van der Waals surface area (Å²) in [5, 5.41) is 0. The molecule has 0 saturated heterocycles. The second kappa shape index (κ2) is 4.41. The van der Waals surface area contributed by atoms with Crippen LogP contribution < -0.4 is 4.90 Å². The van der Waals surface area contributed by atoms with Crippen molar-refractivity contribution in [2.45, 2.75) is 6.92 Å². The van der Waals surface area contributed by atoms with Crippen molar-refractivity contribution in [3.05, 3.63) is 29.8 Å². The van der Waals surface area contributed by atoms with Crippen LogP contribution in [0.3, 0.4) is 0 Å². The highest BCUT2D eigenvalue weighted by molar-refractivity contribution is 5.90. The lowest BCUT2D eigenvalue weighted by Gasteiger charge is -2.14. The molecule has 1 rings (SSSR count). The third-order valence-corrected chi connectivity index (χ3v) is 1.81. The van der Waals surface area contributed by atoms with E-state index >= 15 is 0 Å². The van der Waals surface area contributed by atoms with Crippen LogP contribution in [0.1, 0.15) is 5.56 Å². The lowest BCUT2D eigenvalue weighted by Crippen LogP contribution is -2.26. The monoisotopic (exact) mass is 193 g/mol. The summed E-state index contributed by atoms with van der Waals surface area (Å²) in [4.78, 5) is 22.3. The fourth-order valence-corrected chi connectivity index (χ4v) is 1.06. The molecule has 1 amide bonds. The molecule has 0 fully saturated rings. The van der Waals surface area contributed by atoms with E-state index in [9.17, 15) is 9.59 Å². The summed E-state index contributed by atoms with van der Waals surface area (Å²) in [6, 6.07) is 7.34. The minimum atomic E-state index is -0.689. The number of benzene rings is 1. The van der Waals surface area contributed by atoms with Crippen molar-refractivity contribution in [1.29, 1.82) is 0 Å². The van der Waals surface area contributed by atoms with E-state index in [-0.39, 0.29) is 6.47 Å². The standard InChI is InChI=1S/C10H11NO3/c1-8-4-3-5-9(6-8)11(2)10(13)14-7-12/h3-7H,1-2H3. The number of anilines is 1. The number of nitrogens with zero attached hydrogens (tertiary/aromatic N) is 1. The summed E-state index contributed by atoms with van der Waals surface area (Å²) >= 11 is 0. The SMILES string of the molecule is Cc1cccc(N(C)C(=O)OC=O)c1. The zero-order chi connectivity index (χ0) is 10.6. The first-order valence-electron chi connectivity index (χ1n) is 4.10. The number of carbonyl (C=O) groups is 2. The Morgan fingerprint density at radius 1 is 1.50 bits per heavy atom. The van der Waals surface area contributed by atoms with Crippen LogP contribution in [0.25, 0.3) is 0 Å². The molecule has 0 aromatic heterocycles. The average Bonchev–Trinajstić information content (AvgIpc) is 2.17. The fourth-order valence-electron chi connectivity index (χ4n) is 1.06. The number of aryl methyl sites for hydroxylation is 1. The number of hydrogen-bond acceptors (Lipinski definition) is 3. The molecule has 0 bridgehead atoms. The van der Waals surface area contributed by atoms with Crippen LogP contribution in [0.2, 0.25) is 0 Å². The van der Waals surface area contributed by atoms with Gasteiger partial charge in [0.05, 0.1) is 0 Å². The maximum Gasteiger partial charge on any atom is 0.421 e. The molecule has 0 unspecified atom stereocenters. The van der Waals surface area contributed by atoms with Gasteiger partial charge in [-0.25, -0.2) is 4.79 Å². The lowest BCUT2D eigenvalue weighted by atomic mass is 10.2. The molecule has 0 atom stereocenters. The molecule has 0 aliphatic rings. The van der Waals surface area contributed by atoms with Crippen LogP contribution in [0.5, 0.6) is 0 Å². The minimum absolute atomic E-state index is 0.120. The molecule has 74 valence electrons. The van der Waals surface area contributed by atoms with Crippen molar-refractivity contribution < 1.29 is 14.3 Å². The predicted octanol–water partition coefficient (Wildman–Crippen LogP) is 1.72. The summed E-state index contributed by atoms with van der Waals surface area (Å²) in [7, 11) is 1.54. The van der Waals surface area contributed by atoms with Crippen LogP contribution >= 0.6 is 0 Å². The van der Waals surface area contributed by atoms with E-state index in [1.165, 1.54) is 4.90 Å². The molecular formula is C10H11NO3. The molecule has 0 heterocycles. The van der Waals surface area contributed by atoms with E-state index in [0.29, 0.717) is 5.69 Å². The van der Waals surface area contributed by atoms with Gasteiger partial charge in [0.1, 0.15) is 0 Å². The summed E-state index contributed by atoms with van der Waals surface area (Å²) in [5.74, 6) is 0. The third kappa shape index (κ3) is 2.32. The van der Waals surface area contributed by atoms with Gasteiger partial charge in [-0.1, -0.05) is 12.1 Å². The zero-order valence-electron chi connectivity index (χ0n) is 8.06. The minimum Gasteiger partial charge on any atom is -0.378 e. The van der Waals surface area contributed by atoms with E-state index in [1.807, 2.05) is 25.1 Å². The van der Waals surface area contributed by atoms with Crippen molar-refractivity contribution in [3.8, 4) is 0 Å². The Labute approximate surface area is 82.1 Å². The second-order valence-electron chi connectivity index (χ2n) is 2.88. The zero-order valence-corrected chi connectivity index (χ0v) is 8.06. The van der Waals surface area contributed by atoms with Crippen LogP contribution in [0.15, 0.2) is 24.3 Å². The van der Waals surface area contributed by atoms with Crippen LogP contribution in [-0.4, -0.2) is 19.6 Å². The number of carbonyl (C=O) groups excluding carboxylic acids is 2. The molecule has 0 saturated carbocycles. The van der Waals surface area contributed by atoms with Crippen molar-refractivity contribution in [2.24, 2.45) is 0 Å². The highest BCUT2D eigenvalue weighted by Crippen LogP contribution is 2.14. The van der Waals surface area contributed by atoms with Gasteiger partial charge >= 0.3 is 12.6 Å². The summed E-state index contributed by atoms with van der Waals surface area (Å²) in [5.41, 5.74) is 1.73.